The summed E-state index contributed by atoms with van der Waals surface area (Å²) >= 11 is 0. The molecule has 1 aliphatic heterocycles. The Kier molecular flexibility index (Phi) is 4.90. The second kappa shape index (κ2) is 6.38. The maximum Gasteiger partial charge on any atom is 0.171 e. The fourth-order valence-corrected chi connectivity index (χ4v) is 5.57. The quantitative estimate of drug-likeness (QED) is 0.422. The Balaban J connectivity index is 1.96. The number of rotatable bonds is 5. The first-order valence-corrected chi connectivity index (χ1v) is 9.56. The van der Waals surface area contributed by atoms with Crippen molar-refractivity contribution in [2.45, 2.75) is 70.9 Å². The number of aliphatic hydroxyl groups is 4. The Morgan fingerprint density at radius 3 is 2.46 bits per heavy atom. The molecule has 3 aliphatic rings. The van der Waals surface area contributed by atoms with Gasteiger partial charge in [-0.05, 0) is 50.4 Å². The molecule has 6 nitrogen and oxygen atoms in total. The third-order valence-electron chi connectivity index (χ3n) is 7.92. The zero-order valence-corrected chi connectivity index (χ0v) is 16.1. The first kappa shape index (κ1) is 20.0. The Labute approximate surface area is 154 Å². The van der Waals surface area contributed by atoms with E-state index in [2.05, 4.69) is 6.08 Å². The van der Waals surface area contributed by atoms with Gasteiger partial charge in [-0.2, -0.15) is 0 Å². The van der Waals surface area contributed by atoms with Crippen LogP contribution in [0.25, 0.3) is 0 Å². The number of carbonyl (C=O) groups is 1. The van der Waals surface area contributed by atoms with Crippen molar-refractivity contribution in [3.63, 3.8) is 0 Å². The van der Waals surface area contributed by atoms with Gasteiger partial charge < -0.3 is 25.2 Å². The van der Waals surface area contributed by atoms with Gasteiger partial charge in [0, 0.05) is 0 Å². The molecule has 2 aliphatic carbocycles. The highest BCUT2D eigenvalue weighted by molar-refractivity contribution is 5.93. The molecule has 4 N–H and O–H groups in total. The molecule has 2 fully saturated rings. The van der Waals surface area contributed by atoms with Gasteiger partial charge in [0.2, 0.25) is 0 Å². The lowest BCUT2D eigenvalue weighted by atomic mass is 9.45. The van der Waals surface area contributed by atoms with Crippen LogP contribution in [0.5, 0.6) is 0 Å². The molecule has 0 aromatic carbocycles. The number of fused-ring (bicyclic) bond motifs is 1. The molecule has 6 heteroatoms. The SMILES string of the molecule is CC1=CCC[C@H]2[C@@]1(C)C(=O)[C@H](O)[C@H](C)[C@]2(C)C[C@@H](O)[C@@]1([C@H](O)CO)CO1. The number of hydrogen-bond acceptors (Lipinski definition) is 6. The van der Waals surface area contributed by atoms with Gasteiger partial charge in [0.15, 0.2) is 5.78 Å². The molecule has 0 bridgehead atoms. The van der Waals surface area contributed by atoms with E-state index in [1.54, 1.807) is 0 Å². The van der Waals surface area contributed by atoms with Crippen molar-refractivity contribution < 1.29 is 30.0 Å². The van der Waals surface area contributed by atoms with Crippen LogP contribution < -0.4 is 0 Å². The van der Waals surface area contributed by atoms with Crippen LogP contribution in [0.4, 0.5) is 0 Å². The van der Waals surface area contributed by atoms with E-state index in [0.29, 0.717) is 6.42 Å². The molecule has 1 saturated carbocycles. The monoisotopic (exact) mass is 368 g/mol. The largest absolute Gasteiger partial charge is 0.394 e. The summed E-state index contributed by atoms with van der Waals surface area (Å²) in [5.41, 5.74) is -1.41. The average molecular weight is 368 g/mol. The number of aliphatic hydroxyl groups excluding tert-OH is 4. The molecule has 0 unspecified atom stereocenters. The summed E-state index contributed by atoms with van der Waals surface area (Å²) in [6, 6.07) is 0. The van der Waals surface area contributed by atoms with E-state index < -0.39 is 41.3 Å². The molecule has 3 rings (SSSR count). The van der Waals surface area contributed by atoms with E-state index in [-0.39, 0.29) is 24.2 Å². The molecule has 148 valence electrons. The Hall–Kier alpha value is -0.790. The molecule has 0 spiro atoms. The number of allylic oxidation sites excluding steroid dienone is 2. The van der Waals surface area contributed by atoms with Gasteiger partial charge in [-0.15, -0.1) is 0 Å². The number of ether oxygens (including phenoxy) is 1. The zero-order valence-electron chi connectivity index (χ0n) is 16.1. The van der Waals surface area contributed by atoms with E-state index in [0.717, 1.165) is 18.4 Å². The lowest BCUT2D eigenvalue weighted by Gasteiger charge is -2.58. The topological polar surface area (TPSA) is 111 Å². The highest BCUT2D eigenvalue weighted by atomic mass is 16.6. The minimum Gasteiger partial charge on any atom is -0.394 e. The standard InChI is InChI=1S/C20H32O6/c1-11-6-5-7-13-18(3,12(2)16(24)17(25)19(11,13)4)8-14(22)20(10-26-20)15(23)9-21/h6,12-16,21-24H,5,7-10H2,1-4H3/t12-,13+,14+,15+,16+,18-,19-,20+/m0/s1. The summed E-state index contributed by atoms with van der Waals surface area (Å²) in [4.78, 5) is 13.0. The van der Waals surface area contributed by atoms with Crippen molar-refractivity contribution >= 4 is 5.78 Å². The third kappa shape index (κ3) is 2.53. The normalized spacial score (nSPS) is 47.8. The smallest absolute Gasteiger partial charge is 0.171 e. The van der Waals surface area contributed by atoms with Crippen molar-refractivity contribution in [3.8, 4) is 0 Å². The summed E-state index contributed by atoms with van der Waals surface area (Å²) in [5.74, 6) is -0.471. The van der Waals surface area contributed by atoms with Crippen LogP contribution in [-0.4, -0.2) is 63.3 Å². The summed E-state index contributed by atoms with van der Waals surface area (Å²) in [6.45, 7) is 7.47. The molecule has 0 amide bonds. The number of hydrogen-bond donors (Lipinski definition) is 4. The van der Waals surface area contributed by atoms with Crippen molar-refractivity contribution in [1.29, 1.82) is 0 Å². The molecule has 0 aromatic rings. The maximum absolute atomic E-state index is 13.0. The molecule has 0 aromatic heterocycles. The molecule has 0 radical (unpaired) electrons. The van der Waals surface area contributed by atoms with E-state index in [1.807, 2.05) is 27.7 Å². The fourth-order valence-electron chi connectivity index (χ4n) is 5.57. The van der Waals surface area contributed by atoms with Gasteiger partial charge in [-0.3, -0.25) is 4.79 Å². The van der Waals surface area contributed by atoms with Crippen molar-refractivity contribution in [1.82, 2.24) is 0 Å². The Morgan fingerprint density at radius 2 is 1.92 bits per heavy atom. The van der Waals surface area contributed by atoms with Crippen molar-refractivity contribution in [2.24, 2.45) is 22.7 Å². The molecule has 26 heavy (non-hydrogen) atoms. The van der Waals surface area contributed by atoms with Gasteiger partial charge in [0.05, 0.1) is 24.7 Å². The van der Waals surface area contributed by atoms with Crippen molar-refractivity contribution in [3.05, 3.63) is 11.6 Å². The number of ketones is 1. The summed E-state index contributed by atoms with van der Waals surface area (Å²) < 4.78 is 5.36. The van der Waals surface area contributed by atoms with Crippen molar-refractivity contribution in [2.75, 3.05) is 13.2 Å². The van der Waals surface area contributed by atoms with Crippen LogP contribution in [0.15, 0.2) is 11.6 Å². The van der Waals surface area contributed by atoms with E-state index >= 15 is 0 Å². The molecular formula is C20H32O6. The lowest BCUT2D eigenvalue weighted by Crippen LogP contribution is -2.62. The maximum atomic E-state index is 13.0. The Bertz CT molecular complexity index is 611. The minimum absolute atomic E-state index is 0.0115. The third-order valence-corrected chi connectivity index (χ3v) is 7.92. The zero-order chi connectivity index (χ0) is 19.5. The van der Waals surface area contributed by atoms with E-state index in [1.165, 1.54) is 0 Å². The fraction of sp³-hybridized carbons (Fsp3) is 0.850. The van der Waals surface area contributed by atoms with Gasteiger partial charge in [0.25, 0.3) is 0 Å². The predicted octanol–water partition coefficient (Wildman–Crippen LogP) is 0.808. The number of epoxide rings is 1. The highest BCUT2D eigenvalue weighted by Gasteiger charge is 2.64. The summed E-state index contributed by atoms with van der Waals surface area (Å²) in [6.07, 6.45) is 0.843. The molecule has 8 atom stereocenters. The van der Waals surface area contributed by atoms with E-state index in [4.69, 9.17) is 4.74 Å². The van der Waals surface area contributed by atoms with Crippen LogP contribution in [-0.2, 0) is 9.53 Å². The van der Waals surface area contributed by atoms with Crippen LogP contribution in [0.2, 0.25) is 0 Å². The Morgan fingerprint density at radius 1 is 1.31 bits per heavy atom. The van der Waals surface area contributed by atoms with Crippen LogP contribution in [0.1, 0.15) is 47.0 Å². The second-order valence-corrected chi connectivity index (χ2v) is 8.98. The number of Topliss-reactive ketones (excluding diaryl/α,β-unsaturated/α-hetero) is 1. The molecular weight excluding hydrogens is 336 g/mol. The van der Waals surface area contributed by atoms with E-state index in [9.17, 15) is 25.2 Å². The van der Waals surface area contributed by atoms with Crippen LogP contribution >= 0.6 is 0 Å². The second-order valence-electron chi connectivity index (χ2n) is 8.98. The van der Waals surface area contributed by atoms with Crippen LogP contribution in [0, 0.1) is 22.7 Å². The van der Waals surface area contributed by atoms with Gasteiger partial charge in [-0.1, -0.05) is 25.5 Å². The predicted molar refractivity (Wildman–Crippen MR) is 95.3 cm³/mol. The molecule has 1 heterocycles. The highest BCUT2D eigenvalue weighted by Crippen LogP contribution is 2.61. The molecule has 1 saturated heterocycles. The lowest BCUT2D eigenvalue weighted by molar-refractivity contribution is -0.170. The minimum atomic E-state index is -1.15. The van der Waals surface area contributed by atoms with Gasteiger partial charge in [-0.25, -0.2) is 0 Å². The summed E-state index contributed by atoms with van der Waals surface area (Å²) in [7, 11) is 0. The van der Waals surface area contributed by atoms with Gasteiger partial charge >= 0.3 is 0 Å². The number of carbonyl (C=O) groups excluding carboxylic acids is 1. The first-order valence-electron chi connectivity index (χ1n) is 9.56. The average Bonchev–Trinajstić information content (AvgIpc) is 3.42. The first-order chi connectivity index (χ1) is 12.1. The van der Waals surface area contributed by atoms with Crippen LogP contribution in [0.3, 0.4) is 0 Å². The van der Waals surface area contributed by atoms with Gasteiger partial charge in [0.1, 0.15) is 17.8 Å². The summed E-state index contributed by atoms with van der Waals surface area (Å²) in [5, 5.41) is 41.0.